The number of rotatable bonds is 7. The van der Waals surface area contributed by atoms with Crippen molar-refractivity contribution >= 4 is 77.7 Å². The minimum atomic E-state index is -1.43. The molecule has 1 N–H and O–H groups in total. The lowest BCUT2D eigenvalue weighted by atomic mass is 9.86. The number of benzene rings is 2. The van der Waals surface area contributed by atoms with Gasteiger partial charge in [-0.25, -0.2) is 9.78 Å². The molecular formula is C25H17BrN4O7S2. The highest BCUT2D eigenvalue weighted by Crippen LogP contribution is 2.60. The molecule has 2 aliphatic heterocycles. The number of halogens is 1. The first-order chi connectivity index (χ1) is 18.6. The standard InChI is InChI=1S/C25H17BrN4O7S2/c1-12(31)37-20(14-4-7-17-16(11-14)28-9-8-27-24(28)39-17)25(26)22(34)29-19(21(32)33)18(38-23(25)29)10-13-2-5-15(6-3-13)30(35)36/h2-9,11,20,23H,10H2,1H3,(H,32,33). The molecule has 1 fully saturated rings. The van der Waals surface area contributed by atoms with Crippen LogP contribution in [0.5, 0.6) is 0 Å². The van der Waals surface area contributed by atoms with Gasteiger partial charge in [0.05, 0.1) is 15.1 Å². The van der Waals surface area contributed by atoms with Gasteiger partial charge in [-0.15, -0.1) is 11.8 Å². The van der Waals surface area contributed by atoms with Crippen molar-refractivity contribution in [2.24, 2.45) is 0 Å². The van der Waals surface area contributed by atoms with Crippen LogP contribution in [0.25, 0.3) is 15.2 Å². The van der Waals surface area contributed by atoms with Gasteiger partial charge in [-0.05, 0) is 23.3 Å². The topological polar surface area (TPSA) is 144 Å². The van der Waals surface area contributed by atoms with E-state index in [0.717, 1.165) is 15.2 Å². The molecule has 4 aromatic rings. The summed E-state index contributed by atoms with van der Waals surface area (Å²) in [6.07, 6.45) is 2.61. The van der Waals surface area contributed by atoms with Gasteiger partial charge in [-0.1, -0.05) is 45.5 Å². The maximum Gasteiger partial charge on any atom is 0.353 e. The number of fused-ring (bicyclic) bond motifs is 4. The lowest BCUT2D eigenvalue weighted by Gasteiger charge is -2.51. The third kappa shape index (κ3) is 3.93. The molecule has 14 heteroatoms. The summed E-state index contributed by atoms with van der Waals surface area (Å²) in [6, 6.07) is 11.3. The predicted octanol–water partition coefficient (Wildman–Crippen LogP) is 4.65. The van der Waals surface area contributed by atoms with Gasteiger partial charge in [-0.2, -0.15) is 0 Å². The Morgan fingerprint density at radius 3 is 2.69 bits per heavy atom. The number of nitro groups is 1. The summed E-state index contributed by atoms with van der Waals surface area (Å²) in [5.74, 6) is -2.40. The van der Waals surface area contributed by atoms with Crippen molar-refractivity contribution < 1.29 is 29.2 Å². The van der Waals surface area contributed by atoms with Crippen LogP contribution in [0.2, 0.25) is 0 Å². The number of carboxylic acid groups (broad SMARTS) is 1. The van der Waals surface area contributed by atoms with Crippen molar-refractivity contribution in [1.29, 1.82) is 0 Å². The number of thiazole rings is 1. The summed E-state index contributed by atoms with van der Waals surface area (Å²) in [4.78, 5) is 55.4. The van der Waals surface area contributed by atoms with E-state index in [1.54, 1.807) is 24.4 Å². The number of amides is 1. The molecule has 0 aliphatic carbocycles. The van der Waals surface area contributed by atoms with Gasteiger partial charge in [0.25, 0.3) is 11.6 Å². The molecule has 3 atom stereocenters. The first kappa shape index (κ1) is 25.5. The van der Waals surface area contributed by atoms with Crippen LogP contribution in [0.1, 0.15) is 24.2 Å². The molecule has 4 heterocycles. The zero-order valence-electron chi connectivity index (χ0n) is 19.9. The number of carbonyl (C=O) groups excluding carboxylic acids is 2. The lowest BCUT2D eigenvalue weighted by molar-refractivity contribution is -0.384. The molecule has 0 saturated carbocycles. The van der Waals surface area contributed by atoms with Crippen molar-refractivity contribution in [3.05, 3.63) is 86.7 Å². The van der Waals surface area contributed by atoms with Crippen molar-refractivity contribution in [2.45, 2.75) is 29.1 Å². The Balaban J connectivity index is 1.36. The summed E-state index contributed by atoms with van der Waals surface area (Å²) in [6.45, 7) is 1.25. The van der Waals surface area contributed by atoms with E-state index < -0.39 is 38.6 Å². The lowest BCUT2D eigenvalue weighted by Crippen LogP contribution is -2.70. The number of non-ortho nitro benzene ring substituents is 1. The Labute approximate surface area is 236 Å². The van der Waals surface area contributed by atoms with E-state index >= 15 is 0 Å². The summed E-state index contributed by atoms with van der Waals surface area (Å²) in [7, 11) is 0. The number of aromatic nitrogens is 2. The largest absolute Gasteiger partial charge is 0.477 e. The molecule has 3 unspecified atom stereocenters. The average molecular weight is 629 g/mol. The highest BCUT2D eigenvalue weighted by molar-refractivity contribution is 9.10. The number of β-lactam (4-membered cyclic amide) rings is 1. The molecule has 2 aromatic heterocycles. The molecule has 1 saturated heterocycles. The Morgan fingerprint density at radius 2 is 2.03 bits per heavy atom. The summed E-state index contributed by atoms with van der Waals surface area (Å²) >= 11 is 6.27. The number of carbonyl (C=O) groups is 3. The molecule has 198 valence electrons. The number of nitrogens with zero attached hydrogens (tertiary/aromatic N) is 4. The number of imidazole rings is 1. The number of alkyl halides is 1. The van der Waals surface area contributed by atoms with E-state index in [-0.39, 0.29) is 17.8 Å². The first-order valence-corrected chi connectivity index (χ1v) is 14.0. The molecule has 0 bridgehead atoms. The molecule has 39 heavy (non-hydrogen) atoms. The molecule has 0 spiro atoms. The van der Waals surface area contributed by atoms with E-state index in [1.807, 2.05) is 22.7 Å². The van der Waals surface area contributed by atoms with Crippen LogP contribution in [0.15, 0.2) is 65.5 Å². The summed E-state index contributed by atoms with van der Waals surface area (Å²) in [5, 5.41) is 20.3. The number of allylic oxidation sites excluding steroid dienone is 1. The van der Waals surface area contributed by atoms with Crippen molar-refractivity contribution in [2.75, 3.05) is 0 Å². The van der Waals surface area contributed by atoms with Crippen LogP contribution >= 0.6 is 39.0 Å². The van der Waals surface area contributed by atoms with E-state index in [1.165, 1.54) is 47.1 Å². The van der Waals surface area contributed by atoms with Crippen LogP contribution in [-0.2, 0) is 25.5 Å². The molecule has 2 aromatic carbocycles. The number of carboxylic acids is 1. The zero-order chi connectivity index (χ0) is 27.6. The van der Waals surface area contributed by atoms with Gasteiger partial charge in [0.1, 0.15) is 11.1 Å². The molecule has 6 rings (SSSR count). The third-order valence-corrected chi connectivity index (χ3v) is 10.6. The van der Waals surface area contributed by atoms with Gasteiger partial charge in [-0.3, -0.25) is 29.0 Å². The second-order valence-electron chi connectivity index (χ2n) is 8.99. The van der Waals surface area contributed by atoms with Gasteiger partial charge >= 0.3 is 11.9 Å². The minimum Gasteiger partial charge on any atom is -0.477 e. The highest BCUT2D eigenvalue weighted by Gasteiger charge is 2.70. The summed E-state index contributed by atoms with van der Waals surface area (Å²) in [5.41, 5.74) is 1.82. The van der Waals surface area contributed by atoms with Gasteiger partial charge in [0.2, 0.25) is 0 Å². The normalized spacial score (nSPS) is 21.2. The maximum atomic E-state index is 13.7. The van der Waals surface area contributed by atoms with Crippen molar-refractivity contribution in [3.63, 3.8) is 0 Å². The number of nitro benzene ring substituents is 1. The smallest absolute Gasteiger partial charge is 0.353 e. The fraction of sp³-hybridized carbons (Fsp3) is 0.200. The number of hydrogen-bond donors (Lipinski definition) is 1. The fourth-order valence-electron chi connectivity index (χ4n) is 4.89. The van der Waals surface area contributed by atoms with Crippen LogP contribution in [0, 0.1) is 10.1 Å². The quantitative estimate of drug-likeness (QED) is 0.102. The van der Waals surface area contributed by atoms with E-state index in [9.17, 15) is 29.6 Å². The maximum absolute atomic E-state index is 13.7. The monoisotopic (exact) mass is 628 g/mol. The van der Waals surface area contributed by atoms with Gasteiger partial charge in [0.15, 0.2) is 15.4 Å². The van der Waals surface area contributed by atoms with Crippen molar-refractivity contribution in [3.8, 4) is 0 Å². The first-order valence-electron chi connectivity index (χ1n) is 11.5. The zero-order valence-corrected chi connectivity index (χ0v) is 23.2. The second-order valence-corrected chi connectivity index (χ2v) is 12.5. The van der Waals surface area contributed by atoms with Gasteiger partial charge in [0, 0.05) is 42.8 Å². The third-order valence-electron chi connectivity index (χ3n) is 6.63. The predicted molar refractivity (Wildman–Crippen MR) is 146 cm³/mol. The molecule has 0 radical (unpaired) electrons. The minimum absolute atomic E-state index is 0.0801. The Kier molecular flexibility index (Phi) is 6.00. The van der Waals surface area contributed by atoms with Gasteiger partial charge < -0.3 is 9.84 Å². The number of esters is 1. The van der Waals surface area contributed by atoms with Crippen molar-refractivity contribution in [1.82, 2.24) is 14.3 Å². The number of aliphatic carboxylic acids is 1. The Hall–Kier alpha value is -3.75. The molecule has 11 nitrogen and oxygen atoms in total. The molecule has 2 aliphatic rings. The second kappa shape index (κ2) is 9.17. The number of ether oxygens (including phenoxy) is 1. The van der Waals surface area contributed by atoms with E-state index in [2.05, 4.69) is 20.9 Å². The van der Waals surface area contributed by atoms with Crippen LogP contribution in [0.4, 0.5) is 5.69 Å². The van der Waals surface area contributed by atoms with Crippen LogP contribution < -0.4 is 0 Å². The van der Waals surface area contributed by atoms with Crippen LogP contribution in [-0.4, -0.2) is 51.9 Å². The molecule has 1 amide bonds. The average Bonchev–Trinajstić information content (AvgIpc) is 3.59. The van der Waals surface area contributed by atoms with Crippen LogP contribution in [0.3, 0.4) is 0 Å². The number of thioether (sulfide) groups is 1. The summed E-state index contributed by atoms with van der Waals surface area (Å²) < 4.78 is 7.16. The number of hydrogen-bond acceptors (Lipinski definition) is 9. The van der Waals surface area contributed by atoms with E-state index in [0.29, 0.717) is 16.0 Å². The fourth-order valence-corrected chi connectivity index (χ4v) is 8.41. The van der Waals surface area contributed by atoms with E-state index in [4.69, 9.17) is 4.74 Å². The molecular weight excluding hydrogens is 612 g/mol. The Bertz CT molecular complexity index is 1750. The highest BCUT2D eigenvalue weighted by atomic mass is 79.9. The SMILES string of the molecule is CC(=O)OC(c1ccc2sc3nccn3c2c1)C1(Br)C(=O)N2C(C(=O)O)=C(Cc3ccc([N+](=O)[O-])cc3)SC21. The Morgan fingerprint density at radius 1 is 1.28 bits per heavy atom.